The highest BCUT2D eigenvalue weighted by Crippen LogP contribution is 2.40. The van der Waals surface area contributed by atoms with Crippen LogP contribution in [0, 0.1) is 0 Å². The molecule has 0 saturated carbocycles. The molecule has 3 heterocycles. The Morgan fingerprint density at radius 2 is 1.88 bits per heavy atom. The number of carbonyl (C=O) groups is 1. The van der Waals surface area contributed by atoms with E-state index in [9.17, 15) is 9.90 Å². The maximum Gasteiger partial charge on any atom is 0.257 e. The van der Waals surface area contributed by atoms with E-state index in [2.05, 4.69) is 16.4 Å². The second-order valence-corrected chi connectivity index (χ2v) is 11.7. The van der Waals surface area contributed by atoms with Crippen molar-refractivity contribution in [1.29, 1.82) is 0 Å². The Labute approximate surface area is 240 Å². The van der Waals surface area contributed by atoms with Crippen molar-refractivity contribution in [2.75, 3.05) is 11.1 Å². The Bertz CT molecular complexity index is 1560. The van der Waals surface area contributed by atoms with Gasteiger partial charge in [-0.2, -0.15) is 0 Å². The van der Waals surface area contributed by atoms with E-state index in [0.717, 1.165) is 32.3 Å². The maximum absolute atomic E-state index is 12.7. The summed E-state index contributed by atoms with van der Waals surface area (Å²) in [6.45, 7) is -0.00344. The molecule has 1 saturated heterocycles. The fraction of sp³-hybridized carbons (Fsp3) is 0.194. The van der Waals surface area contributed by atoms with Gasteiger partial charge in [-0.25, -0.2) is 4.98 Å². The second-order valence-electron chi connectivity index (χ2n) is 9.43. The van der Waals surface area contributed by atoms with Gasteiger partial charge in [0.05, 0.1) is 34.6 Å². The number of aliphatic hydroxyl groups excluding tert-OH is 1. The molecule has 9 heteroatoms. The molecule has 202 valence electrons. The lowest BCUT2D eigenvalue weighted by Gasteiger charge is -2.36. The molecule has 5 aromatic rings. The number of para-hydroxylation sites is 1. The topological polar surface area (TPSA) is 93.6 Å². The first-order valence-electron chi connectivity index (χ1n) is 12.9. The van der Waals surface area contributed by atoms with Crippen molar-refractivity contribution < 1.29 is 19.4 Å². The number of nitrogens with one attached hydrogen (secondary N) is 1. The van der Waals surface area contributed by atoms with Crippen molar-refractivity contribution in [3.63, 3.8) is 0 Å². The molecular weight excluding hydrogens is 542 g/mol. The molecule has 1 aliphatic heterocycles. The number of amides is 1. The number of rotatable bonds is 8. The minimum absolute atomic E-state index is 0.00344. The Hall–Kier alpha value is -3.60. The van der Waals surface area contributed by atoms with E-state index in [4.69, 9.17) is 14.5 Å². The van der Waals surface area contributed by atoms with Crippen molar-refractivity contribution in [1.82, 2.24) is 9.97 Å². The van der Waals surface area contributed by atoms with Crippen LogP contribution < -0.4 is 5.32 Å². The van der Waals surface area contributed by atoms with Crippen LogP contribution in [0.2, 0.25) is 0 Å². The van der Waals surface area contributed by atoms with Crippen LogP contribution in [0.3, 0.4) is 0 Å². The standard InChI is InChI=1S/C31H27N3O4S2/c35-18-20-10-12-21(13-11-20)27-16-25(19-39-31-34-26-8-1-2-9-28(26)40-31)37-30(38-27)22-5-3-7-24(15-22)33-29(36)23-6-4-14-32-17-23/h1-15,17,25,27,30,35H,16,18-19H2,(H,33,36)/t25-,27+,30+/m0/s1. The summed E-state index contributed by atoms with van der Waals surface area (Å²) in [5.74, 6) is 0.491. The zero-order valence-corrected chi connectivity index (χ0v) is 23.1. The average Bonchev–Trinajstić information content (AvgIpc) is 3.44. The zero-order valence-electron chi connectivity index (χ0n) is 21.5. The monoisotopic (exact) mass is 569 g/mol. The number of ether oxygens (including phenoxy) is 2. The predicted octanol–water partition coefficient (Wildman–Crippen LogP) is 6.77. The van der Waals surface area contributed by atoms with Crippen LogP contribution in [0.15, 0.2) is 102 Å². The van der Waals surface area contributed by atoms with Gasteiger partial charge in [-0.05, 0) is 47.5 Å². The Balaban J connectivity index is 1.21. The van der Waals surface area contributed by atoms with Crippen molar-refractivity contribution in [2.24, 2.45) is 0 Å². The largest absolute Gasteiger partial charge is 0.392 e. The summed E-state index contributed by atoms with van der Waals surface area (Å²) >= 11 is 3.38. The molecule has 2 aromatic heterocycles. The van der Waals surface area contributed by atoms with Crippen LogP contribution >= 0.6 is 23.1 Å². The molecule has 40 heavy (non-hydrogen) atoms. The Morgan fingerprint density at radius 1 is 1.00 bits per heavy atom. The SMILES string of the molecule is O=C(Nc1cccc([C@@H]2O[C@H](CSc3nc4ccccc4s3)C[C@H](c3ccc(CO)cc3)O2)c1)c1cccnc1. The van der Waals surface area contributed by atoms with Crippen molar-refractivity contribution in [3.8, 4) is 0 Å². The number of anilines is 1. The normalized spacial score (nSPS) is 19.0. The summed E-state index contributed by atoms with van der Waals surface area (Å²) < 4.78 is 15.1. The van der Waals surface area contributed by atoms with Gasteiger partial charge in [0.2, 0.25) is 0 Å². The van der Waals surface area contributed by atoms with Gasteiger partial charge in [0, 0.05) is 35.8 Å². The van der Waals surface area contributed by atoms with Crippen LogP contribution in [0.25, 0.3) is 10.2 Å². The third kappa shape index (κ3) is 6.24. The number of hydrogen-bond donors (Lipinski definition) is 2. The van der Waals surface area contributed by atoms with Gasteiger partial charge in [-0.3, -0.25) is 9.78 Å². The van der Waals surface area contributed by atoms with E-state index in [1.807, 2.05) is 66.7 Å². The third-order valence-electron chi connectivity index (χ3n) is 6.62. The first-order chi connectivity index (χ1) is 19.6. The number of aliphatic hydroxyl groups is 1. The van der Waals surface area contributed by atoms with E-state index >= 15 is 0 Å². The van der Waals surface area contributed by atoms with Crippen molar-refractivity contribution in [2.45, 2.75) is 35.9 Å². The fourth-order valence-electron chi connectivity index (χ4n) is 4.56. The minimum atomic E-state index is -0.618. The number of fused-ring (bicyclic) bond motifs is 1. The van der Waals surface area contributed by atoms with Gasteiger partial charge in [0.25, 0.3) is 5.91 Å². The van der Waals surface area contributed by atoms with Crippen LogP contribution in [0.4, 0.5) is 5.69 Å². The highest BCUT2D eigenvalue weighted by Gasteiger charge is 2.32. The number of nitrogens with zero attached hydrogens (tertiary/aromatic N) is 2. The number of thioether (sulfide) groups is 1. The Morgan fingerprint density at radius 3 is 2.67 bits per heavy atom. The molecule has 3 aromatic carbocycles. The summed E-state index contributed by atoms with van der Waals surface area (Å²) in [6.07, 6.45) is 2.95. The molecule has 1 amide bonds. The van der Waals surface area contributed by atoms with Gasteiger partial charge in [-0.15, -0.1) is 11.3 Å². The van der Waals surface area contributed by atoms with Crippen molar-refractivity contribution >= 4 is 44.9 Å². The molecule has 7 nitrogen and oxygen atoms in total. The summed E-state index contributed by atoms with van der Waals surface area (Å²) in [6, 6.07) is 27.0. The molecule has 0 radical (unpaired) electrons. The summed E-state index contributed by atoms with van der Waals surface area (Å²) in [5, 5.41) is 12.4. The van der Waals surface area contributed by atoms with E-state index in [1.54, 1.807) is 41.4 Å². The summed E-state index contributed by atoms with van der Waals surface area (Å²) in [5.41, 5.74) is 4.84. The molecular formula is C31H27N3O4S2. The van der Waals surface area contributed by atoms with Crippen LogP contribution in [0.1, 0.15) is 45.9 Å². The van der Waals surface area contributed by atoms with E-state index < -0.39 is 6.29 Å². The predicted molar refractivity (Wildman–Crippen MR) is 157 cm³/mol. The van der Waals surface area contributed by atoms with Crippen LogP contribution in [0.5, 0.6) is 0 Å². The smallest absolute Gasteiger partial charge is 0.257 e. The molecule has 0 aliphatic carbocycles. The molecule has 1 aliphatic rings. The fourth-order valence-corrected chi connectivity index (χ4v) is 6.68. The van der Waals surface area contributed by atoms with Gasteiger partial charge in [-0.1, -0.05) is 60.3 Å². The molecule has 0 bridgehead atoms. The number of hydrogen-bond acceptors (Lipinski definition) is 8. The molecule has 1 fully saturated rings. The van der Waals surface area contributed by atoms with Gasteiger partial charge in [0.15, 0.2) is 10.6 Å². The number of carbonyl (C=O) groups excluding carboxylic acids is 1. The van der Waals surface area contributed by atoms with Crippen molar-refractivity contribution in [3.05, 3.63) is 120 Å². The lowest BCUT2D eigenvalue weighted by Crippen LogP contribution is -2.31. The number of pyridine rings is 1. The van der Waals surface area contributed by atoms with Gasteiger partial charge < -0.3 is 19.9 Å². The average molecular weight is 570 g/mol. The van der Waals surface area contributed by atoms with E-state index in [1.165, 1.54) is 10.9 Å². The molecule has 0 spiro atoms. The summed E-state index contributed by atoms with van der Waals surface area (Å²) in [4.78, 5) is 21.5. The summed E-state index contributed by atoms with van der Waals surface area (Å²) in [7, 11) is 0. The number of aromatic nitrogens is 2. The minimum Gasteiger partial charge on any atom is -0.392 e. The molecule has 6 rings (SSSR count). The highest BCUT2D eigenvalue weighted by atomic mass is 32.2. The first kappa shape index (κ1) is 26.6. The Kier molecular flexibility index (Phi) is 8.17. The molecule has 3 atom stereocenters. The third-order valence-corrected chi connectivity index (χ3v) is 8.93. The van der Waals surface area contributed by atoms with Crippen LogP contribution in [-0.4, -0.2) is 32.8 Å². The van der Waals surface area contributed by atoms with E-state index in [-0.39, 0.29) is 24.7 Å². The lowest BCUT2D eigenvalue weighted by atomic mass is 10.0. The van der Waals surface area contributed by atoms with Gasteiger partial charge >= 0.3 is 0 Å². The quantitative estimate of drug-likeness (QED) is 0.199. The number of benzene rings is 3. The van der Waals surface area contributed by atoms with Gasteiger partial charge in [0.1, 0.15) is 0 Å². The first-order valence-corrected chi connectivity index (χ1v) is 14.7. The second kappa shape index (κ2) is 12.3. The number of thiazole rings is 1. The lowest BCUT2D eigenvalue weighted by molar-refractivity contribution is -0.245. The maximum atomic E-state index is 12.7. The molecule has 0 unspecified atom stereocenters. The molecule has 2 N–H and O–H groups in total. The zero-order chi connectivity index (χ0) is 27.3. The van der Waals surface area contributed by atoms with Crippen LogP contribution in [-0.2, 0) is 16.1 Å². The highest BCUT2D eigenvalue weighted by molar-refractivity contribution is 8.01. The van der Waals surface area contributed by atoms with E-state index in [0.29, 0.717) is 17.7 Å².